The number of aryl methyl sites for hydroxylation is 3. The Labute approximate surface area is 189 Å². The highest BCUT2D eigenvalue weighted by Gasteiger charge is 2.22. The smallest absolute Gasteiger partial charge is 0.312 e. The maximum Gasteiger partial charge on any atom is 0.312 e. The molecule has 0 saturated heterocycles. The largest absolute Gasteiger partial charge is 0.323 e. The molecule has 0 atom stereocenters. The van der Waals surface area contributed by atoms with Crippen molar-refractivity contribution in [1.82, 2.24) is 19.6 Å². The quantitative estimate of drug-likeness (QED) is 0.405. The third-order valence-electron chi connectivity index (χ3n) is 5.04. The zero-order valence-electron chi connectivity index (χ0n) is 17.6. The number of carbonyl (C=O) groups excluding carboxylic acids is 1. The van der Waals surface area contributed by atoms with E-state index in [2.05, 4.69) is 15.5 Å². The van der Waals surface area contributed by atoms with E-state index in [4.69, 9.17) is 23.2 Å². The van der Waals surface area contributed by atoms with Crippen LogP contribution >= 0.6 is 23.2 Å². The van der Waals surface area contributed by atoms with E-state index in [0.717, 1.165) is 11.3 Å². The molecule has 2 heterocycles. The summed E-state index contributed by atoms with van der Waals surface area (Å²) in [4.78, 5) is 23.2. The van der Waals surface area contributed by atoms with Crippen LogP contribution in [0.5, 0.6) is 0 Å². The molecule has 11 heteroatoms. The normalized spacial score (nSPS) is 11.0. The first-order chi connectivity index (χ1) is 14.6. The Kier molecular flexibility index (Phi) is 6.66. The van der Waals surface area contributed by atoms with Crippen molar-refractivity contribution in [3.05, 3.63) is 66.7 Å². The lowest BCUT2D eigenvalue weighted by Gasteiger charge is -2.08. The molecule has 164 valence electrons. The van der Waals surface area contributed by atoms with Gasteiger partial charge in [-0.25, -0.2) is 0 Å². The van der Waals surface area contributed by atoms with Crippen LogP contribution in [0.15, 0.2) is 18.2 Å². The highest BCUT2D eigenvalue weighted by Crippen LogP contribution is 2.25. The number of nitro groups is 1. The summed E-state index contributed by atoms with van der Waals surface area (Å²) in [7, 11) is 0. The molecule has 3 rings (SSSR count). The number of amides is 1. The van der Waals surface area contributed by atoms with Gasteiger partial charge in [-0.15, -0.1) is 0 Å². The van der Waals surface area contributed by atoms with E-state index in [0.29, 0.717) is 39.4 Å². The number of aromatic nitrogens is 4. The van der Waals surface area contributed by atoms with Crippen LogP contribution in [0.25, 0.3) is 0 Å². The third-order valence-corrected chi connectivity index (χ3v) is 5.78. The van der Waals surface area contributed by atoms with Gasteiger partial charge < -0.3 is 5.32 Å². The Morgan fingerprint density at radius 1 is 1.06 bits per heavy atom. The number of hydrogen-bond donors (Lipinski definition) is 1. The minimum Gasteiger partial charge on any atom is -0.323 e. The summed E-state index contributed by atoms with van der Waals surface area (Å²) in [6.07, 6.45) is 0.121. The summed E-state index contributed by atoms with van der Waals surface area (Å²) in [6.45, 7) is 7.61. The standard InChI is InChI=1S/C20H22Cl2N6O3/c1-11-19(13(3)27(24-11)10-15-5-6-16(21)17(22)9-15)23-18(29)7-8-26-14(4)20(28(30)31)12(2)25-26/h5-6,9H,7-8,10H2,1-4H3,(H,23,29). The van der Waals surface area contributed by atoms with E-state index in [1.165, 1.54) is 4.68 Å². The summed E-state index contributed by atoms with van der Waals surface area (Å²) < 4.78 is 3.27. The molecule has 1 amide bonds. The van der Waals surface area contributed by atoms with Crippen LogP contribution in [0.4, 0.5) is 11.4 Å². The average molecular weight is 465 g/mol. The van der Waals surface area contributed by atoms with E-state index in [-0.39, 0.29) is 24.6 Å². The highest BCUT2D eigenvalue weighted by molar-refractivity contribution is 6.42. The first kappa shape index (κ1) is 22.8. The number of anilines is 1. The highest BCUT2D eigenvalue weighted by atomic mass is 35.5. The van der Waals surface area contributed by atoms with Gasteiger partial charge in [0.15, 0.2) is 0 Å². The summed E-state index contributed by atoms with van der Waals surface area (Å²) in [5.41, 5.74) is 3.81. The summed E-state index contributed by atoms with van der Waals surface area (Å²) in [6, 6.07) is 5.39. The SMILES string of the molecule is Cc1nn(Cc2ccc(Cl)c(Cl)c2)c(C)c1NC(=O)CCn1nc(C)c([N+](=O)[O-])c1C. The lowest BCUT2D eigenvalue weighted by molar-refractivity contribution is -0.386. The number of halogens is 2. The second-order valence-corrected chi connectivity index (χ2v) is 8.06. The molecule has 0 aliphatic heterocycles. The monoisotopic (exact) mass is 464 g/mol. The van der Waals surface area contributed by atoms with Gasteiger partial charge in [-0.1, -0.05) is 29.3 Å². The Bertz CT molecular complexity index is 1170. The predicted octanol–water partition coefficient (Wildman–Crippen LogP) is 4.61. The minimum atomic E-state index is -0.455. The number of rotatable bonds is 7. The van der Waals surface area contributed by atoms with Crippen molar-refractivity contribution in [2.24, 2.45) is 0 Å². The van der Waals surface area contributed by atoms with Gasteiger partial charge in [0, 0.05) is 6.42 Å². The van der Waals surface area contributed by atoms with Crippen LogP contribution in [0.3, 0.4) is 0 Å². The van der Waals surface area contributed by atoms with Gasteiger partial charge in [-0.3, -0.25) is 24.3 Å². The van der Waals surface area contributed by atoms with Crippen molar-refractivity contribution < 1.29 is 9.72 Å². The number of nitrogens with zero attached hydrogens (tertiary/aromatic N) is 5. The first-order valence-corrected chi connectivity index (χ1v) is 10.3. The van der Waals surface area contributed by atoms with Crippen molar-refractivity contribution in [3.63, 3.8) is 0 Å². The molecule has 9 nitrogen and oxygen atoms in total. The molecule has 0 fully saturated rings. The molecule has 1 N–H and O–H groups in total. The van der Waals surface area contributed by atoms with Crippen molar-refractivity contribution in [2.75, 3.05) is 5.32 Å². The van der Waals surface area contributed by atoms with Crippen LogP contribution in [0.2, 0.25) is 10.0 Å². The Balaban J connectivity index is 1.69. The molecular formula is C20H22Cl2N6O3. The molecule has 1 aromatic carbocycles. The number of hydrogen-bond acceptors (Lipinski definition) is 5. The second-order valence-electron chi connectivity index (χ2n) is 7.25. The first-order valence-electron chi connectivity index (χ1n) is 9.54. The van der Waals surface area contributed by atoms with Gasteiger partial charge in [0.05, 0.1) is 45.1 Å². The van der Waals surface area contributed by atoms with Gasteiger partial charge in [-0.2, -0.15) is 10.2 Å². The van der Waals surface area contributed by atoms with Gasteiger partial charge >= 0.3 is 5.69 Å². The van der Waals surface area contributed by atoms with Gasteiger partial charge in [0.25, 0.3) is 0 Å². The van der Waals surface area contributed by atoms with Crippen molar-refractivity contribution in [1.29, 1.82) is 0 Å². The second kappa shape index (κ2) is 9.07. The predicted molar refractivity (Wildman–Crippen MR) is 119 cm³/mol. The van der Waals surface area contributed by atoms with Gasteiger partial charge in [0.1, 0.15) is 11.4 Å². The zero-order valence-corrected chi connectivity index (χ0v) is 19.1. The maximum absolute atomic E-state index is 12.5. The molecule has 2 aromatic heterocycles. The Hall–Kier alpha value is -2.91. The van der Waals surface area contributed by atoms with Gasteiger partial charge in [0.2, 0.25) is 5.91 Å². The van der Waals surface area contributed by atoms with Crippen molar-refractivity contribution in [3.8, 4) is 0 Å². The molecule has 0 unspecified atom stereocenters. The van der Waals surface area contributed by atoms with Crippen LogP contribution in [0.1, 0.15) is 34.8 Å². The summed E-state index contributed by atoms with van der Waals surface area (Å²) in [5.74, 6) is -0.226. The molecule has 3 aromatic rings. The Morgan fingerprint density at radius 3 is 2.35 bits per heavy atom. The number of nitrogens with one attached hydrogen (secondary N) is 1. The third kappa shape index (κ3) is 4.88. The lowest BCUT2D eigenvalue weighted by Crippen LogP contribution is -2.16. The average Bonchev–Trinajstić information content (AvgIpc) is 3.12. The number of carbonyl (C=O) groups is 1. The molecule has 0 aliphatic carbocycles. The fourth-order valence-electron chi connectivity index (χ4n) is 3.42. The molecule has 0 radical (unpaired) electrons. The van der Waals surface area contributed by atoms with Gasteiger partial charge in [-0.05, 0) is 45.4 Å². The fraction of sp³-hybridized carbons (Fsp3) is 0.350. The topological polar surface area (TPSA) is 108 Å². The van der Waals surface area contributed by atoms with Crippen LogP contribution in [-0.2, 0) is 17.9 Å². The molecular weight excluding hydrogens is 443 g/mol. The summed E-state index contributed by atoms with van der Waals surface area (Å²) >= 11 is 12.1. The van der Waals surface area contributed by atoms with E-state index >= 15 is 0 Å². The maximum atomic E-state index is 12.5. The zero-order chi connectivity index (χ0) is 22.9. The van der Waals surface area contributed by atoms with Crippen LogP contribution in [-0.4, -0.2) is 30.4 Å². The number of benzene rings is 1. The summed E-state index contributed by atoms with van der Waals surface area (Å²) in [5, 5.41) is 23.7. The minimum absolute atomic E-state index is 0.0179. The molecule has 31 heavy (non-hydrogen) atoms. The fourth-order valence-corrected chi connectivity index (χ4v) is 3.74. The van der Waals surface area contributed by atoms with E-state index in [9.17, 15) is 14.9 Å². The molecule has 0 spiro atoms. The molecule has 0 saturated carbocycles. The lowest BCUT2D eigenvalue weighted by atomic mass is 10.2. The molecule has 0 aliphatic rings. The molecule has 0 bridgehead atoms. The van der Waals surface area contributed by atoms with Crippen molar-refractivity contribution >= 4 is 40.5 Å². The van der Waals surface area contributed by atoms with E-state index in [1.54, 1.807) is 30.7 Å². The Morgan fingerprint density at radius 2 is 1.74 bits per heavy atom. The van der Waals surface area contributed by atoms with Crippen LogP contribution < -0.4 is 5.32 Å². The van der Waals surface area contributed by atoms with E-state index < -0.39 is 4.92 Å². The van der Waals surface area contributed by atoms with Crippen molar-refractivity contribution in [2.45, 2.75) is 47.2 Å². The van der Waals surface area contributed by atoms with Crippen LogP contribution in [0, 0.1) is 37.8 Å². The van der Waals surface area contributed by atoms with E-state index in [1.807, 2.05) is 19.9 Å².